The molecular weight excluding hydrogens is 889 g/mol. The predicted molar refractivity (Wildman–Crippen MR) is 311 cm³/mol. The third-order valence-electron chi connectivity index (χ3n) is 11.9. The summed E-state index contributed by atoms with van der Waals surface area (Å²) in [5.74, 6) is -0.986. The van der Waals surface area contributed by atoms with Gasteiger partial charge in [0.05, 0.1) is 0 Å². The van der Waals surface area contributed by atoms with Crippen molar-refractivity contribution in [3.63, 3.8) is 0 Å². The molecule has 0 aromatic rings. The van der Waals surface area contributed by atoms with E-state index in [2.05, 4.69) is 154 Å². The van der Waals surface area contributed by atoms with Gasteiger partial charge in [0.1, 0.15) is 13.2 Å². The molecule has 0 aromatic carbocycles. The number of carbonyl (C=O) groups excluding carboxylic acids is 3. The third kappa shape index (κ3) is 56.5. The molecule has 6 heteroatoms. The fraction of sp³-hybridized carbons (Fsp3) is 0.621. The SMILES string of the molecule is CC/C=C\C/C=C\C/C=C\C/C=C\C/C=C\CCCCCCCCCCCCCC(=O)OCC(COC(=O)CCCCCCC/C=C\CCC)OC(=O)CCC/C=C\C/C=C\C/C=C\C/C=C\C/C=C\CC. The van der Waals surface area contributed by atoms with E-state index in [9.17, 15) is 14.4 Å². The Labute approximate surface area is 443 Å². The largest absolute Gasteiger partial charge is 0.462 e. The summed E-state index contributed by atoms with van der Waals surface area (Å²) < 4.78 is 16.8. The normalized spacial score (nSPS) is 13.1. The third-order valence-corrected chi connectivity index (χ3v) is 11.9. The van der Waals surface area contributed by atoms with E-state index < -0.39 is 6.10 Å². The van der Waals surface area contributed by atoms with Crippen molar-refractivity contribution in [2.24, 2.45) is 0 Å². The second kappa shape index (κ2) is 59.1. The fourth-order valence-electron chi connectivity index (χ4n) is 7.57. The van der Waals surface area contributed by atoms with E-state index in [0.29, 0.717) is 19.3 Å². The minimum absolute atomic E-state index is 0.108. The molecule has 6 nitrogen and oxygen atoms in total. The van der Waals surface area contributed by atoms with E-state index in [-0.39, 0.29) is 37.5 Å². The number of esters is 3. The summed E-state index contributed by atoms with van der Waals surface area (Å²) in [6.45, 7) is 6.28. The maximum Gasteiger partial charge on any atom is 0.306 e. The quantitative estimate of drug-likeness (QED) is 0.0261. The van der Waals surface area contributed by atoms with Gasteiger partial charge in [0.25, 0.3) is 0 Å². The van der Waals surface area contributed by atoms with E-state index in [0.717, 1.165) is 128 Å². The molecule has 0 saturated heterocycles. The Kier molecular flexibility index (Phi) is 55.5. The summed E-state index contributed by atoms with van der Waals surface area (Å²) >= 11 is 0. The van der Waals surface area contributed by atoms with Gasteiger partial charge < -0.3 is 14.2 Å². The second-order valence-electron chi connectivity index (χ2n) is 18.8. The molecule has 0 fully saturated rings. The van der Waals surface area contributed by atoms with Crippen molar-refractivity contribution in [2.45, 2.75) is 252 Å². The molecule has 0 aromatic heterocycles. The Hall–Kier alpha value is -4.45. The number of allylic oxidation sites excluding steroid dienone is 22. The number of hydrogen-bond donors (Lipinski definition) is 0. The van der Waals surface area contributed by atoms with E-state index in [4.69, 9.17) is 14.2 Å². The van der Waals surface area contributed by atoms with Crippen LogP contribution < -0.4 is 0 Å². The van der Waals surface area contributed by atoms with Crippen LogP contribution in [0.2, 0.25) is 0 Å². The van der Waals surface area contributed by atoms with Gasteiger partial charge in [-0.05, 0) is 122 Å². The molecular formula is C66H106O6. The van der Waals surface area contributed by atoms with E-state index in [1.54, 1.807) is 0 Å². The highest BCUT2D eigenvalue weighted by Crippen LogP contribution is 2.14. The lowest BCUT2D eigenvalue weighted by Crippen LogP contribution is -2.30. The summed E-state index contributed by atoms with van der Waals surface area (Å²) in [4.78, 5) is 38.1. The molecule has 72 heavy (non-hydrogen) atoms. The monoisotopic (exact) mass is 995 g/mol. The summed E-state index contributed by atoms with van der Waals surface area (Å²) in [5, 5.41) is 0. The molecule has 0 rings (SSSR count). The zero-order chi connectivity index (χ0) is 52.2. The van der Waals surface area contributed by atoms with Crippen molar-refractivity contribution in [2.75, 3.05) is 13.2 Å². The smallest absolute Gasteiger partial charge is 0.306 e. The number of carbonyl (C=O) groups is 3. The van der Waals surface area contributed by atoms with Crippen LogP contribution >= 0.6 is 0 Å². The van der Waals surface area contributed by atoms with Gasteiger partial charge in [-0.1, -0.05) is 238 Å². The van der Waals surface area contributed by atoms with E-state index in [1.165, 1.54) is 70.6 Å². The molecule has 1 atom stereocenters. The van der Waals surface area contributed by atoms with Gasteiger partial charge in [-0.3, -0.25) is 14.4 Å². The Morgan fingerprint density at radius 2 is 0.556 bits per heavy atom. The first-order chi connectivity index (χ1) is 35.5. The van der Waals surface area contributed by atoms with Crippen LogP contribution in [0.3, 0.4) is 0 Å². The molecule has 1 unspecified atom stereocenters. The van der Waals surface area contributed by atoms with Crippen molar-refractivity contribution in [3.05, 3.63) is 134 Å². The highest BCUT2D eigenvalue weighted by molar-refractivity contribution is 5.71. The lowest BCUT2D eigenvalue weighted by Gasteiger charge is -2.18. The first kappa shape index (κ1) is 67.5. The van der Waals surface area contributed by atoms with Crippen LogP contribution in [0.4, 0.5) is 0 Å². The van der Waals surface area contributed by atoms with Gasteiger partial charge in [0, 0.05) is 19.3 Å². The summed E-state index contributed by atoms with van der Waals surface area (Å²) in [7, 11) is 0. The summed E-state index contributed by atoms with van der Waals surface area (Å²) in [5.41, 5.74) is 0. The van der Waals surface area contributed by atoms with Crippen molar-refractivity contribution < 1.29 is 28.6 Å². The Balaban J connectivity index is 4.33. The zero-order valence-corrected chi connectivity index (χ0v) is 46.4. The van der Waals surface area contributed by atoms with Gasteiger partial charge in [-0.2, -0.15) is 0 Å². The van der Waals surface area contributed by atoms with Gasteiger partial charge in [0.15, 0.2) is 6.10 Å². The van der Waals surface area contributed by atoms with Crippen LogP contribution in [-0.2, 0) is 28.6 Å². The highest BCUT2D eigenvalue weighted by Gasteiger charge is 2.19. The van der Waals surface area contributed by atoms with Crippen molar-refractivity contribution in [3.8, 4) is 0 Å². The second-order valence-corrected chi connectivity index (χ2v) is 18.8. The molecule has 0 N–H and O–H groups in total. The topological polar surface area (TPSA) is 78.9 Å². The fourth-order valence-corrected chi connectivity index (χ4v) is 7.57. The molecule has 0 bridgehead atoms. The average molecular weight is 996 g/mol. The number of hydrogen-bond acceptors (Lipinski definition) is 6. The Morgan fingerprint density at radius 1 is 0.292 bits per heavy atom. The minimum Gasteiger partial charge on any atom is -0.462 e. The van der Waals surface area contributed by atoms with Crippen molar-refractivity contribution >= 4 is 17.9 Å². The number of unbranched alkanes of at least 4 members (excludes halogenated alkanes) is 18. The van der Waals surface area contributed by atoms with E-state index >= 15 is 0 Å². The highest BCUT2D eigenvalue weighted by atomic mass is 16.6. The molecule has 0 amide bonds. The lowest BCUT2D eigenvalue weighted by molar-refractivity contribution is -0.167. The number of ether oxygens (including phenoxy) is 3. The molecule has 0 spiro atoms. The summed E-state index contributed by atoms with van der Waals surface area (Å²) in [6, 6.07) is 0. The van der Waals surface area contributed by atoms with Gasteiger partial charge >= 0.3 is 17.9 Å². The zero-order valence-electron chi connectivity index (χ0n) is 46.4. The lowest BCUT2D eigenvalue weighted by atomic mass is 10.0. The van der Waals surface area contributed by atoms with Crippen LogP contribution in [0.25, 0.3) is 0 Å². The standard InChI is InChI=1S/C66H106O6/c1-4-7-10-13-16-19-22-24-26-28-29-30-31-32-33-34-35-36-37-39-40-42-44-47-50-53-56-59-65(68)71-62-63(61-70-64(67)58-55-52-49-46-21-18-15-12-9-6-3)72-66(69)60-57-54-51-48-45-43-41-38-27-25-23-20-17-14-11-8-5-2/h7-8,10-12,15-17,19-20,24-27,29-30,32-33,41,43,48,51,63H,4-6,9,13-14,18,21-23,28,31,34-40,42,44-47,49-50,52-62H2,1-3H3/b10-7-,11-8-,15-12-,19-16-,20-17-,26-24-,27-25-,30-29-,33-32-,43-41-,51-48-. The maximum atomic E-state index is 12.8. The maximum absolute atomic E-state index is 12.8. The van der Waals surface area contributed by atoms with Crippen LogP contribution in [0.5, 0.6) is 0 Å². The van der Waals surface area contributed by atoms with Crippen molar-refractivity contribution in [1.82, 2.24) is 0 Å². The van der Waals surface area contributed by atoms with Crippen LogP contribution in [0.15, 0.2) is 134 Å². The van der Waals surface area contributed by atoms with E-state index in [1.807, 2.05) is 0 Å². The predicted octanol–water partition coefficient (Wildman–Crippen LogP) is 19.8. The van der Waals surface area contributed by atoms with Gasteiger partial charge in [-0.15, -0.1) is 0 Å². The Morgan fingerprint density at radius 3 is 0.903 bits per heavy atom. The van der Waals surface area contributed by atoms with Gasteiger partial charge in [0.2, 0.25) is 0 Å². The average Bonchev–Trinajstić information content (AvgIpc) is 3.38. The Bertz CT molecular complexity index is 1560. The molecule has 0 radical (unpaired) electrons. The molecule has 0 aliphatic rings. The molecule has 0 aliphatic carbocycles. The van der Waals surface area contributed by atoms with Crippen LogP contribution in [-0.4, -0.2) is 37.2 Å². The minimum atomic E-state index is -0.816. The number of rotatable bonds is 51. The van der Waals surface area contributed by atoms with Gasteiger partial charge in [-0.25, -0.2) is 0 Å². The first-order valence-electron chi connectivity index (χ1n) is 29.2. The van der Waals surface area contributed by atoms with Crippen molar-refractivity contribution in [1.29, 1.82) is 0 Å². The summed E-state index contributed by atoms with van der Waals surface area (Å²) in [6.07, 6.45) is 83.2. The van der Waals surface area contributed by atoms with Crippen LogP contribution in [0, 0.1) is 0 Å². The molecule has 0 saturated carbocycles. The molecule has 0 aliphatic heterocycles. The van der Waals surface area contributed by atoms with Crippen LogP contribution in [0.1, 0.15) is 245 Å². The molecule has 0 heterocycles. The first-order valence-corrected chi connectivity index (χ1v) is 29.2. The molecule has 406 valence electrons.